The molecule has 2 aromatic carbocycles. The molecule has 1 N–H and O–H groups in total. The number of amides is 2. The molecule has 1 aliphatic heterocycles. The molecule has 4 rings (SSSR count). The second-order valence-corrected chi connectivity index (χ2v) is 10.2. The number of imide groups is 1. The van der Waals surface area contributed by atoms with Gasteiger partial charge in [0.05, 0.1) is 43.2 Å². The summed E-state index contributed by atoms with van der Waals surface area (Å²) >= 11 is 0. The minimum Gasteiger partial charge on any atom is -0.497 e. The van der Waals surface area contributed by atoms with Gasteiger partial charge in [-0.2, -0.15) is 0 Å². The Morgan fingerprint density at radius 2 is 1.64 bits per heavy atom. The van der Waals surface area contributed by atoms with Crippen molar-refractivity contribution in [2.75, 3.05) is 18.9 Å². The van der Waals surface area contributed by atoms with Crippen LogP contribution in [0.15, 0.2) is 41.3 Å². The number of nitrogens with one attached hydrogen (secondary N) is 1. The second kappa shape index (κ2) is 9.05. The number of ether oxygens (including phenoxy) is 2. The van der Waals surface area contributed by atoms with Gasteiger partial charge in [0.1, 0.15) is 11.5 Å². The molecule has 2 aromatic rings. The van der Waals surface area contributed by atoms with Gasteiger partial charge in [-0.3, -0.25) is 19.2 Å². The van der Waals surface area contributed by atoms with Crippen molar-refractivity contribution in [3.05, 3.63) is 47.5 Å². The molecule has 0 unspecified atom stereocenters. The highest BCUT2D eigenvalue weighted by molar-refractivity contribution is 7.92. The number of aryl methyl sites for hydroxylation is 1. The average Bonchev–Trinajstić information content (AvgIpc) is 3.05. The van der Waals surface area contributed by atoms with Crippen LogP contribution in [-0.2, 0) is 26.2 Å². The molecule has 2 amide bonds. The molecule has 2 fully saturated rings. The van der Waals surface area contributed by atoms with E-state index in [4.69, 9.17) is 9.47 Å². The van der Waals surface area contributed by atoms with E-state index in [9.17, 15) is 18.0 Å². The van der Waals surface area contributed by atoms with Crippen molar-refractivity contribution in [2.24, 2.45) is 11.8 Å². The quantitative estimate of drug-likeness (QED) is 0.619. The monoisotopic (exact) mass is 472 g/mol. The molecule has 1 saturated carbocycles. The fraction of sp³-hybridized carbons (Fsp3) is 0.417. The van der Waals surface area contributed by atoms with Crippen molar-refractivity contribution < 1.29 is 27.5 Å². The number of carbonyl (C=O) groups excluding carboxylic acids is 2. The lowest BCUT2D eigenvalue weighted by Gasteiger charge is -2.19. The fourth-order valence-corrected chi connectivity index (χ4v) is 6.05. The number of fused-ring (bicyclic) bond motifs is 1. The van der Waals surface area contributed by atoms with Gasteiger partial charge >= 0.3 is 0 Å². The Morgan fingerprint density at radius 1 is 0.970 bits per heavy atom. The highest BCUT2D eigenvalue weighted by Gasteiger charge is 2.47. The van der Waals surface area contributed by atoms with Crippen LogP contribution in [0.3, 0.4) is 0 Å². The van der Waals surface area contributed by atoms with Crippen molar-refractivity contribution in [3.8, 4) is 11.5 Å². The van der Waals surface area contributed by atoms with E-state index in [-0.39, 0.29) is 40.8 Å². The van der Waals surface area contributed by atoms with Gasteiger partial charge in [0.2, 0.25) is 11.8 Å². The third-order valence-corrected chi connectivity index (χ3v) is 7.98. The molecular formula is C24H28N2O6S. The summed E-state index contributed by atoms with van der Waals surface area (Å²) in [5.74, 6) is 0.107. The molecule has 176 valence electrons. The number of hydrogen-bond donors (Lipinski definition) is 1. The van der Waals surface area contributed by atoms with E-state index < -0.39 is 10.0 Å². The van der Waals surface area contributed by atoms with E-state index in [1.165, 1.54) is 25.2 Å². The van der Waals surface area contributed by atoms with Crippen LogP contribution >= 0.6 is 0 Å². The van der Waals surface area contributed by atoms with Crippen molar-refractivity contribution in [3.63, 3.8) is 0 Å². The van der Waals surface area contributed by atoms with Gasteiger partial charge in [0.15, 0.2) is 0 Å². The standard InChI is InChI=1S/C24H28N2O6S/c1-15-8-9-16(14-26-23(27)18-6-4-5-7-19(18)24(26)28)12-22(15)33(29,30)25-20-11-10-17(31-2)13-21(20)32-3/h8-13,18-19,25H,4-7,14H2,1-3H3/t18-,19-/m1/s1. The summed E-state index contributed by atoms with van der Waals surface area (Å²) in [4.78, 5) is 27.0. The molecule has 1 heterocycles. The Labute approximate surface area is 193 Å². The molecule has 9 heteroatoms. The Bertz CT molecular complexity index is 1170. The van der Waals surface area contributed by atoms with Crippen LogP contribution < -0.4 is 14.2 Å². The zero-order valence-corrected chi connectivity index (χ0v) is 19.8. The number of carbonyl (C=O) groups is 2. The summed E-state index contributed by atoms with van der Waals surface area (Å²) in [6.07, 6.45) is 3.41. The summed E-state index contributed by atoms with van der Waals surface area (Å²) in [6, 6.07) is 9.75. The zero-order valence-electron chi connectivity index (χ0n) is 19.0. The largest absolute Gasteiger partial charge is 0.497 e. The first-order valence-electron chi connectivity index (χ1n) is 10.9. The molecule has 0 aromatic heterocycles. The summed E-state index contributed by atoms with van der Waals surface area (Å²) in [5, 5.41) is 0. The lowest BCUT2D eigenvalue weighted by atomic mass is 9.81. The number of hydrogen-bond acceptors (Lipinski definition) is 6. The third-order valence-electron chi connectivity index (χ3n) is 6.47. The van der Waals surface area contributed by atoms with Crippen molar-refractivity contribution in [2.45, 2.75) is 44.0 Å². The molecule has 0 spiro atoms. The van der Waals surface area contributed by atoms with Gasteiger partial charge in [-0.05, 0) is 49.1 Å². The summed E-state index contributed by atoms with van der Waals surface area (Å²) in [7, 11) is -1.00. The lowest BCUT2D eigenvalue weighted by Crippen LogP contribution is -2.30. The van der Waals surface area contributed by atoms with Crippen molar-refractivity contribution in [1.82, 2.24) is 4.90 Å². The van der Waals surface area contributed by atoms with E-state index in [0.717, 1.165) is 25.7 Å². The van der Waals surface area contributed by atoms with E-state index in [1.54, 1.807) is 37.3 Å². The van der Waals surface area contributed by atoms with Gasteiger partial charge in [0.25, 0.3) is 10.0 Å². The Hall–Kier alpha value is -3.07. The van der Waals surface area contributed by atoms with E-state index >= 15 is 0 Å². The lowest BCUT2D eigenvalue weighted by molar-refractivity contribution is -0.140. The first-order valence-corrected chi connectivity index (χ1v) is 12.4. The third kappa shape index (κ3) is 4.42. The highest BCUT2D eigenvalue weighted by Crippen LogP contribution is 2.39. The Kier molecular flexibility index (Phi) is 6.34. The summed E-state index contributed by atoms with van der Waals surface area (Å²) in [5.41, 5.74) is 1.41. The van der Waals surface area contributed by atoms with Crippen LogP contribution in [0.4, 0.5) is 5.69 Å². The normalized spacial score (nSPS) is 20.5. The van der Waals surface area contributed by atoms with Gasteiger partial charge in [-0.1, -0.05) is 25.0 Å². The molecule has 33 heavy (non-hydrogen) atoms. The molecule has 1 aliphatic carbocycles. The number of anilines is 1. The van der Waals surface area contributed by atoms with Crippen LogP contribution in [0, 0.1) is 18.8 Å². The first kappa shape index (κ1) is 23.1. The van der Waals surface area contributed by atoms with E-state index in [1.807, 2.05) is 0 Å². The molecule has 0 bridgehead atoms. The van der Waals surface area contributed by atoms with Crippen LogP contribution in [0.2, 0.25) is 0 Å². The number of benzene rings is 2. The zero-order chi connectivity index (χ0) is 23.8. The van der Waals surface area contributed by atoms with E-state index in [0.29, 0.717) is 22.6 Å². The number of nitrogens with zero attached hydrogens (tertiary/aromatic N) is 1. The Balaban J connectivity index is 1.59. The maximum Gasteiger partial charge on any atom is 0.262 e. The van der Waals surface area contributed by atoms with Crippen molar-refractivity contribution in [1.29, 1.82) is 0 Å². The number of methoxy groups -OCH3 is 2. The average molecular weight is 473 g/mol. The number of sulfonamides is 1. The highest BCUT2D eigenvalue weighted by atomic mass is 32.2. The topological polar surface area (TPSA) is 102 Å². The molecule has 1 saturated heterocycles. The van der Waals surface area contributed by atoms with Crippen LogP contribution in [0.1, 0.15) is 36.8 Å². The van der Waals surface area contributed by atoms with Crippen LogP contribution in [0.5, 0.6) is 11.5 Å². The first-order chi connectivity index (χ1) is 15.7. The van der Waals surface area contributed by atoms with Gasteiger partial charge in [0, 0.05) is 6.07 Å². The second-order valence-electron chi connectivity index (χ2n) is 8.53. The van der Waals surface area contributed by atoms with Gasteiger partial charge in [-0.25, -0.2) is 8.42 Å². The van der Waals surface area contributed by atoms with Gasteiger partial charge in [-0.15, -0.1) is 0 Å². The minimum atomic E-state index is -3.96. The van der Waals surface area contributed by atoms with Crippen LogP contribution in [-0.4, -0.2) is 39.4 Å². The fourth-order valence-electron chi connectivity index (χ4n) is 4.68. The van der Waals surface area contributed by atoms with Crippen molar-refractivity contribution >= 4 is 27.5 Å². The molecular weight excluding hydrogens is 444 g/mol. The maximum atomic E-state index is 13.2. The maximum absolute atomic E-state index is 13.2. The predicted octanol–water partition coefficient (Wildman–Crippen LogP) is 3.49. The molecule has 2 aliphatic rings. The number of likely N-dealkylation sites (tertiary alicyclic amines) is 1. The predicted molar refractivity (Wildman–Crippen MR) is 123 cm³/mol. The minimum absolute atomic E-state index is 0.0688. The molecule has 0 radical (unpaired) electrons. The number of rotatable bonds is 7. The Morgan fingerprint density at radius 3 is 2.24 bits per heavy atom. The molecule has 2 atom stereocenters. The SMILES string of the molecule is COc1ccc(NS(=O)(=O)c2cc(CN3C(=O)[C@@H]4CCCC[C@H]4C3=O)ccc2C)c(OC)c1. The molecule has 8 nitrogen and oxygen atoms in total. The summed E-state index contributed by atoms with van der Waals surface area (Å²) in [6.45, 7) is 1.77. The smallest absolute Gasteiger partial charge is 0.262 e. The van der Waals surface area contributed by atoms with Gasteiger partial charge < -0.3 is 9.47 Å². The van der Waals surface area contributed by atoms with E-state index in [2.05, 4.69) is 4.72 Å². The summed E-state index contributed by atoms with van der Waals surface area (Å²) < 4.78 is 39.5. The van der Waals surface area contributed by atoms with Crippen LogP contribution in [0.25, 0.3) is 0 Å².